The van der Waals surface area contributed by atoms with Crippen LogP contribution in [0.4, 0.5) is 11.9 Å². The zero-order valence-electron chi connectivity index (χ0n) is 12.0. The molecule has 20 heavy (non-hydrogen) atoms. The van der Waals surface area contributed by atoms with E-state index in [1.54, 1.807) is 4.90 Å². The van der Waals surface area contributed by atoms with Crippen LogP contribution in [-0.2, 0) is 0 Å². The summed E-state index contributed by atoms with van der Waals surface area (Å²) in [6, 6.07) is 6.10. The minimum atomic E-state index is 0.196. The van der Waals surface area contributed by atoms with Crippen molar-refractivity contribution in [3.8, 4) is 11.8 Å². The molecule has 0 aliphatic carbocycles. The van der Waals surface area contributed by atoms with Gasteiger partial charge in [0.2, 0.25) is 11.9 Å². The lowest BCUT2D eigenvalue weighted by Crippen LogP contribution is -2.17. The minimum Gasteiger partial charge on any atom is -0.424 e. The van der Waals surface area contributed by atoms with Crippen LogP contribution >= 0.6 is 0 Å². The van der Waals surface area contributed by atoms with Gasteiger partial charge in [-0.2, -0.15) is 15.0 Å². The molecule has 1 aromatic carbocycles. The number of rotatable bonds is 4. The Morgan fingerprint density at radius 1 is 1.05 bits per heavy atom. The number of hydrazine groups is 1. The average molecular weight is 274 g/mol. The lowest BCUT2D eigenvalue weighted by Gasteiger charge is -2.12. The van der Waals surface area contributed by atoms with Gasteiger partial charge >= 0.3 is 6.01 Å². The number of benzene rings is 1. The number of hydrogen-bond acceptors (Lipinski definition) is 7. The van der Waals surface area contributed by atoms with Gasteiger partial charge in [-0.1, -0.05) is 6.07 Å². The molecule has 0 aliphatic rings. The first-order valence-electron chi connectivity index (χ1n) is 6.14. The molecule has 0 amide bonds. The number of hydrogen-bond donors (Lipinski definition) is 2. The maximum absolute atomic E-state index is 5.69. The summed E-state index contributed by atoms with van der Waals surface area (Å²) in [6.45, 7) is 4.01. The smallest absolute Gasteiger partial charge is 0.328 e. The molecule has 7 nitrogen and oxygen atoms in total. The van der Waals surface area contributed by atoms with Crippen LogP contribution in [0.2, 0.25) is 0 Å². The Kier molecular flexibility index (Phi) is 3.99. The zero-order chi connectivity index (χ0) is 14.7. The Morgan fingerprint density at radius 2 is 1.70 bits per heavy atom. The molecule has 1 aromatic heterocycles. The second-order valence-electron chi connectivity index (χ2n) is 4.71. The van der Waals surface area contributed by atoms with Crippen LogP contribution in [0, 0.1) is 13.8 Å². The molecule has 1 heterocycles. The van der Waals surface area contributed by atoms with Gasteiger partial charge < -0.3 is 9.64 Å². The maximum Gasteiger partial charge on any atom is 0.328 e. The van der Waals surface area contributed by atoms with Crippen LogP contribution in [-0.4, -0.2) is 29.0 Å². The molecule has 0 saturated carbocycles. The number of ether oxygens (including phenoxy) is 1. The number of anilines is 2. The lowest BCUT2D eigenvalue weighted by molar-refractivity contribution is 0.440. The summed E-state index contributed by atoms with van der Waals surface area (Å²) in [6.07, 6.45) is 0. The van der Waals surface area contributed by atoms with Crippen molar-refractivity contribution in [2.24, 2.45) is 5.84 Å². The second kappa shape index (κ2) is 5.70. The van der Waals surface area contributed by atoms with E-state index in [1.165, 1.54) is 0 Å². The number of nitrogens with one attached hydrogen (secondary N) is 1. The summed E-state index contributed by atoms with van der Waals surface area (Å²) < 4.78 is 5.69. The molecule has 0 saturated heterocycles. The van der Waals surface area contributed by atoms with Gasteiger partial charge in [0.25, 0.3) is 0 Å². The van der Waals surface area contributed by atoms with E-state index in [1.807, 2.05) is 40.1 Å². The molecule has 2 rings (SSSR count). The fraction of sp³-hybridized carbons (Fsp3) is 0.308. The normalized spacial score (nSPS) is 10.2. The minimum absolute atomic E-state index is 0.196. The Balaban J connectivity index is 2.34. The first-order valence-corrected chi connectivity index (χ1v) is 6.14. The average Bonchev–Trinajstić information content (AvgIpc) is 2.36. The van der Waals surface area contributed by atoms with Gasteiger partial charge in [-0.25, -0.2) is 5.84 Å². The molecule has 7 heteroatoms. The highest BCUT2D eigenvalue weighted by atomic mass is 16.5. The van der Waals surface area contributed by atoms with Crippen LogP contribution in [0.1, 0.15) is 11.1 Å². The molecule has 0 aliphatic heterocycles. The zero-order valence-corrected chi connectivity index (χ0v) is 12.0. The molecule has 2 aromatic rings. The quantitative estimate of drug-likeness (QED) is 0.647. The molecular weight excluding hydrogens is 256 g/mol. The van der Waals surface area contributed by atoms with Crippen molar-refractivity contribution in [3.63, 3.8) is 0 Å². The van der Waals surface area contributed by atoms with E-state index in [9.17, 15) is 0 Å². The number of aryl methyl sites for hydroxylation is 2. The highest BCUT2D eigenvalue weighted by Crippen LogP contribution is 2.22. The van der Waals surface area contributed by atoms with Crippen LogP contribution in [0.15, 0.2) is 18.2 Å². The van der Waals surface area contributed by atoms with Crippen molar-refractivity contribution in [3.05, 3.63) is 29.3 Å². The Morgan fingerprint density at radius 3 is 2.25 bits per heavy atom. The van der Waals surface area contributed by atoms with Gasteiger partial charge in [0, 0.05) is 14.1 Å². The van der Waals surface area contributed by atoms with Crippen LogP contribution in [0.25, 0.3) is 0 Å². The third kappa shape index (κ3) is 3.33. The topological polar surface area (TPSA) is 89.2 Å². The molecule has 0 radical (unpaired) electrons. The van der Waals surface area contributed by atoms with E-state index in [-0.39, 0.29) is 12.0 Å². The van der Waals surface area contributed by atoms with Crippen molar-refractivity contribution in [1.29, 1.82) is 0 Å². The van der Waals surface area contributed by atoms with Crippen molar-refractivity contribution in [2.45, 2.75) is 13.8 Å². The van der Waals surface area contributed by atoms with E-state index in [0.717, 1.165) is 11.1 Å². The van der Waals surface area contributed by atoms with E-state index in [4.69, 9.17) is 10.6 Å². The molecule has 0 unspecified atom stereocenters. The van der Waals surface area contributed by atoms with Gasteiger partial charge in [0.05, 0.1) is 0 Å². The third-order valence-electron chi connectivity index (χ3n) is 2.54. The summed E-state index contributed by atoms with van der Waals surface area (Å²) in [5.74, 6) is 6.75. The number of nitrogen functional groups attached to an aromatic ring is 1. The van der Waals surface area contributed by atoms with Gasteiger partial charge in [-0.05, 0) is 37.1 Å². The highest BCUT2D eigenvalue weighted by molar-refractivity contribution is 5.39. The van der Waals surface area contributed by atoms with E-state index in [2.05, 4.69) is 26.4 Å². The fourth-order valence-electron chi connectivity index (χ4n) is 1.75. The summed E-state index contributed by atoms with van der Waals surface area (Å²) in [4.78, 5) is 14.2. The standard InChI is InChI=1S/C13H18N6O/c1-8-5-9(2)7-10(6-8)20-13-16-11(18-14)15-12(17-13)19(3)4/h5-7H,14H2,1-4H3,(H,15,16,17,18). The predicted molar refractivity (Wildman–Crippen MR) is 78.0 cm³/mol. The van der Waals surface area contributed by atoms with Gasteiger partial charge in [0.15, 0.2) is 0 Å². The SMILES string of the molecule is Cc1cc(C)cc(Oc2nc(NN)nc(N(C)C)n2)c1. The Bertz CT molecular complexity index is 594. The summed E-state index contributed by atoms with van der Waals surface area (Å²) >= 11 is 0. The fourth-order valence-corrected chi connectivity index (χ4v) is 1.75. The summed E-state index contributed by atoms with van der Waals surface area (Å²) in [7, 11) is 3.66. The number of nitrogens with two attached hydrogens (primary N) is 1. The van der Waals surface area contributed by atoms with Crippen LogP contribution in [0.5, 0.6) is 11.8 Å². The van der Waals surface area contributed by atoms with Crippen LogP contribution < -0.4 is 20.9 Å². The van der Waals surface area contributed by atoms with Crippen molar-refractivity contribution in [2.75, 3.05) is 24.4 Å². The monoisotopic (exact) mass is 274 g/mol. The highest BCUT2D eigenvalue weighted by Gasteiger charge is 2.09. The molecular formula is C13H18N6O. The van der Waals surface area contributed by atoms with Gasteiger partial charge in [-0.3, -0.25) is 5.43 Å². The molecule has 3 N–H and O–H groups in total. The molecule has 0 spiro atoms. The van der Waals surface area contributed by atoms with Crippen molar-refractivity contribution in [1.82, 2.24) is 15.0 Å². The summed E-state index contributed by atoms with van der Waals surface area (Å²) in [5, 5.41) is 0. The molecule has 0 atom stereocenters. The van der Waals surface area contributed by atoms with Crippen LogP contribution in [0.3, 0.4) is 0 Å². The predicted octanol–water partition coefficient (Wildman–Crippen LogP) is 1.63. The lowest BCUT2D eigenvalue weighted by atomic mass is 10.1. The van der Waals surface area contributed by atoms with E-state index < -0.39 is 0 Å². The molecule has 106 valence electrons. The Labute approximate surface area is 117 Å². The second-order valence-corrected chi connectivity index (χ2v) is 4.71. The number of nitrogens with zero attached hydrogens (tertiary/aromatic N) is 4. The first kappa shape index (κ1) is 14.0. The largest absolute Gasteiger partial charge is 0.424 e. The molecule has 0 fully saturated rings. The molecule has 0 bridgehead atoms. The van der Waals surface area contributed by atoms with Crippen molar-refractivity contribution >= 4 is 11.9 Å². The maximum atomic E-state index is 5.69. The number of aromatic nitrogens is 3. The van der Waals surface area contributed by atoms with Gasteiger partial charge in [-0.15, -0.1) is 0 Å². The first-order chi connectivity index (χ1) is 9.47. The summed E-state index contributed by atoms with van der Waals surface area (Å²) in [5.41, 5.74) is 4.62. The Hall–Kier alpha value is -2.41. The van der Waals surface area contributed by atoms with Crippen molar-refractivity contribution < 1.29 is 4.74 Å². The van der Waals surface area contributed by atoms with Gasteiger partial charge in [0.1, 0.15) is 5.75 Å². The van der Waals surface area contributed by atoms with E-state index >= 15 is 0 Å². The van der Waals surface area contributed by atoms with E-state index in [0.29, 0.717) is 11.7 Å². The third-order valence-corrected chi connectivity index (χ3v) is 2.54.